The summed E-state index contributed by atoms with van der Waals surface area (Å²) >= 11 is 3.34. The first-order valence-corrected chi connectivity index (χ1v) is 11.3. The summed E-state index contributed by atoms with van der Waals surface area (Å²) in [6.45, 7) is 4.90. The minimum atomic E-state index is 0.0725. The minimum Gasteiger partial charge on any atom is -0.309 e. The lowest BCUT2D eigenvalue weighted by Crippen LogP contribution is -2.27. The standard InChI is InChI=1S/C21H26N4OS2/c1-14-5-7-15(8-6-14)25-20(26)18-16-9-10-24(4)13-17(16)28-19(18)22-21(25)27-12-11-23(2)3/h5-8H,9-13H2,1-4H3. The third kappa shape index (κ3) is 3.76. The second kappa shape index (κ2) is 7.99. The number of benzene rings is 1. The van der Waals surface area contributed by atoms with E-state index in [9.17, 15) is 4.79 Å². The molecular weight excluding hydrogens is 388 g/mol. The van der Waals surface area contributed by atoms with E-state index in [1.54, 1.807) is 23.1 Å². The molecule has 3 heterocycles. The van der Waals surface area contributed by atoms with Crippen LogP contribution < -0.4 is 5.56 Å². The fourth-order valence-corrected chi connectivity index (χ4v) is 5.95. The summed E-state index contributed by atoms with van der Waals surface area (Å²) < 4.78 is 1.81. The molecular formula is C21H26N4OS2. The second-order valence-corrected chi connectivity index (χ2v) is 9.84. The molecule has 0 aliphatic carbocycles. The van der Waals surface area contributed by atoms with Crippen LogP contribution in [0.5, 0.6) is 0 Å². The molecule has 0 saturated heterocycles. The van der Waals surface area contributed by atoms with Crippen molar-refractivity contribution in [3.05, 3.63) is 50.6 Å². The van der Waals surface area contributed by atoms with Gasteiger partial charge in [0.25, 0.3) is 5.56 Å². The van der Waals surface area contributed by atoms with E-state index in [0.717, 1.165) is 52.9 Å². The summed E-state index contributed by atoms with van der Waals surface area (Å²) in [5.74, 6) is 0.893. The molecule has 1 aliphatic rings. The van der Waals surface area contributed by atoms with Crippen LogP contribution >= 0.6 is 23.1 Å². The molecule has 7 heteroatoms. The first kappa shape index (κ1) is 19.6. The van der Waals surface area contributed by atoms with Gasteiger partial charge in [-0.3, -0.25) is 9.36 Å². The quantitative estimate of drug-likeness (QED) is 0.473. The zero-order chi connectivity index (χ0) is 19.8. The van der Waals surface area contributed by atoms with Gasteiger partial charge in [-0.05, 0) is 52.2 Å². The highest BCUT2D eigenvalue weighted by Gasteiger charge is 2.24. The minimum absolute atomic E-state index is 0.0725. The third-order valence-corrected chi connectivity index (χ3v) is 7.13. The van der Waals surface area contributed by atoms with Crippen molar-refractivity contribution >= 4 is 33.3 Å². The smallest absolute Gasteiger partial charge is 0.267 e. The lowest BCUT2D eigenvalue weighted by molar-refractivity contribution is 0.318. The average Bonchev–Trinajstić information content (AvgIpc) is 3.00. The Kier molecular flexibility index (Phi) is 5.60. The molecule has 0 N–H and O–H groups in total. The van der Waals surface area contributed by atoms with Gasteiger partial charge in [0.05, 0.1) is 11.1 Å². The van der Waals surface area contributed by atoms with Crippen LogP contribution in [0.3, 0.4) is 0 Å². The van der Waals surface area contributed by atoms with Gasteiger partial charge >= 0.3 is 0 Å². The van der Waals surface area contributed by atoms with Crippen molar-refractivity contribution in [1.29, 1.82) is 0 Å². The molecule has 2 aromatic heterocycles. The number of fused-ring (bicyclic) bond motifs is 3. The summed E-state index contributed by atoms with van der Waals surface area (Å²) in [5, 5.41) is 1.61. The molecule has 1 aromatic carbocycles. The van der Waals surface area contributed by atoms with Gasteiger partial charge in [0.1, 0.15) is 4.83 Å². The molecule has 28 heavy (non-hydrogen) atoms. The molecule has 0 fully saturated rings. The zero-order valence-corrected chi connectivity index (χ0v) is 18.5. The van der Waals surface area contributed by atoms with Gasteiger partial charge in [0.2, 0.25) is 0 Å². The van der Waals surface area contributed by atoms with E-state index < -0.39 is 0 Å². The van der Waals surface area contributed by atoms with E-state index in [0.29, 0.717) is 0 Å². The largest absolute Gasteiger partial charge is 0.309 e. The van der Waals surface area contributed by atoms with Crippen LogP contribution in [0.15, 0.2) is 34.2 Å². The van der Waals surface area contributed by atoms with Gasteiger partial charge < -0.3 is 9.80 Å². The maximum atomic E-state index is 13.6. The fraction of sp³-hybridized carbons (Fsp3) is 0.429. The Morgan fingerprint density at radius 1 is 1.25 bits per heavy atom. The molecule has 0 radical (unpaired) electrons. The summed E-state index contributed by atoms with van der Waals surface area (Å²) in [6, 6.07) is 8.15. The maximum Gasteiger partial charge on any atom is 0.267 e. The molecule has 0 spiro atoms. The predicted octanol–water partition coefficient (Wildman–Crippen LogP) is 3.40. The van der Waals surface area contributed by atoms with Gasteiger partial charge in [0.15, 0.2) is 5.16 Å². The molecule has 1 aliphatic heterocycles. The molecule has 0 atom stereocenters. The number of hydrogen-bond acceptors (Lipinski definition) is 6. The van der Waals surface area contributed by atoms with Crippen LogP contribution in [-0.2, 0) is 13.0 Å². The molecule has 5 nitrogen and oxygen atoms in total. The van der Waals surface area contributed by atoms with Crippen LogP contribution in [0.4, 0.5) is 0 Å². The lowest BCUT2D eigenvalue weighted by Gasteiger charge is -2.21. The Hall–Kier alpha value is -1.67. The van der Waals surface area contributed by atoms with Crippen LogP contribution in [0.2, 0.25) is 0 Å². The Morgan fingerprint density at radius 3 is 2.71 bits per heavy atom. The van der Waals surface area contributed by atoms with Gasteiger partial charge in [-0.2, -0.15) is 0 Å². The van der Waals surface area contributed by atoms with Crippen molar-refractivity contribution in [1.82, 2.24) is 19.4 Å². The van der Waals surface area contributed by atoms with Gasteiger partial charge in [-0.15, -0.1) is 11.3 Å². The van der Waals surface area contributed by atoms with E-state index in [2.05, 4.69) is 50.0 Å². The first-order chi connectivity index (χ1) is 13.4. The number of thiophene rings is 1. The molecule has 0 amide bonds. The number of rotatable bonds is 5. The molecule has 4 rings (SSSR count). The number of thioether (sulfide) groups is 1. The normalized spacial score (nSPS) is 14.8. The molecule has 0 saturated carbocycles. The van der Waals surface area contributed by atoms with Crippen molar-refractivity contribution in [3.8, 4) is 5.69 Å². The number of likely N-dealkylation sites (N-methyl/N-ethyl adjacent to an activating group) is 1. The number of nitrogens with zero attached hydrogens (tertiary/aromatic N) is 4. The Bertz CT molecular complexity index is 1050. The summed E-state index contributed by atoms with van der Waals surface area (Å²) in [7, 11) is 6.26. The van der Waals surface area contributed by atoms with Crippen molar-refractivity contribution < 1.29 is 0 Å². The van der Waals surface area contributed by atoms with Gasteiger partial charge in [0, 0.05) is 30.3 Å². The second-order valence-electron chi connectivity index (χ2n) is 7.69. The van der Waals surface area contributed by atoms with Crippen molar-refractivity contribution in [3.63, 3.8) is 0 Å². The highest BCUT2D eigenvalue weighted by atomic mass is 32.2. The summed E-state index contributed by atoms with van der Waals surface area (Å²) in [4.78, 5) is 25.2. The lowest BCUT2D eigenvalue weighted by atomic mass is 10.1. The first-order valence-electron chi connectivity index (χ1n) is 9.54. The van der Waals surface area contributed by atoms with Crippen molar-refractivity contribution in [2.75, 3.05) is 40.0 Å². The number of hydrogen-bond donors (Lipinski definition) is 0. The molecule has 3 aromatic rings. The van der Waals surface area contributed by atoms with E-state index in [1.165, 1.54) is 16.0 Å². The summed E-state index contributed by atoms with van der Waals surface area (Å²) in [6.07, 6.45) is 0.920. The highest BCUT2D eigenvalue weighted by molar-refractivity contribution is 7.99. The highest BCUT2D eigenvalue weighted by Crippen LogP contribution is 2.33. The predicted molar refractivity (Wildman–Crippen MR) is 119 cm³/mol. The Balaban J connectivity index is 1.88. The van der Waals surface area contributed by atoms with E-state index in [1.807, 2.05) is 16.7 Å². The van der Waals surface area contributed by atoms with Crippen LogP contribution in [0.1, 0.15) is 16.0 Å². The van der Waals surface area contributed by atoms with E-state index in [-0.39, 0.29) is 5.56 Å². The topological polar surface area (TPSA) is 41.4 Å². The fourth-order valence-electron chi connectivity index (χ4n) is 3.49. The SMILES string of the molecule is Cc1ccc(-n2c(SCCN(C)C)nc3sc4c(c3c2=O)CCN(C)C4)cc1. The Morgan fingerprint density at radius 2 is 2.00 bits per heavy atom. The van der Waals surface area contributed by atoms with Gasteiger partial charge in [-0.25, -0.2) is 4.98 Å². The van der Waals surface area contributed by atoms with Crippen LogP contribution in [0.25, 0.3) is 15.9 Å². The maximum absolute atomic E-state index is 13.6. The van der Waals surface area contributed by atoms with Crippen molar-refractivity contribution in [2.24, 2.45) is 0 Å². The third-order valence-electron chi connectivity index (χ3n) is 5.10. The van der Waals surface area contributed by atoms with Gasteiger partial charge in [-0.1, -0.05) is 29.5 Å². The summed E-state index contributed by atoms with van der Waals surface area (Å²) in [5.41, 5.74) is 3.36. The van der Waals surface area contributed by atoms with Crippen LogP contribution in [-0.4, -0.2) is 59.3 Å². The van der Waals surface area contributed by atoms with Crippen LogP contribution in [0, 0.1) is 6.92 Å². The average molecular weight is 415 g/mol. The van der Waals surface area contributed by atoms with Crippen molar-refractivity contribution in [2.45, 2.75) is 25.0 Å². The Labute approximate surface area is 174 Å². The zero-order valence-electron chi connectivity index (χ0n) is 16.9. The molecule has 0 unspecified atom stereocenters. The molecule has 148 valence electrons. The molecule has 0 bridgehead atoms. The monoisotopic (exact) mass is 414 g/mol. The number of aromatic nitrogens is 2. The van der Waals surface area contributed by atoms with E-state index in [4.69, 9.17) is 4.98 Å². The number of aryl methyl sites for hydroxylation is 1. The van der Waals surface area contributed by atoms with E-state index >= 15 is 0 Å².